The number of likely N-dealkylation sites (N-methyl/N-ethyl adjacent to an activating group) is 1. The van der Waals surface area contributed by atoms with Gasteiger partial charge >= 0.3 is 0 Å². The van der Waals surface area contributed by atoms with Crippen LogP contribution in [0.15, 0.2) is 30.4 Å². The van der Waals surface area contributed by atoms with E-state index in [4.69, 9.17) is 15.6 Å². The molecule has 0 atom stereocenters. The molecular weight excluding hydrogens is 450 g/mol. The van der Waals surface area contributed by atoms with Crippen LogP contribution in [0.4, 0.5) is 0 Å². The number of piperidine rings is 1. The zero-order valence-electron chi connectivity index (χ0n) is 22.5. The zero-order valence-corrected chi connectivity index (χ0v) is 22.5. The van der Waals surface area contributed by atoms with Crippen LogP contribution in [0.3, 0.4) is 0 Å². The first-order valence-corrected chi connectivity index (χ1v) is 12.9. The maximum Gasteiger partial charge on any atom is 0.127 e. The van der Waals surface area contributed by atoms with Crippen LogP contribution < -0.4 is 5.32 Å². The molecule has 36 heavy (non-hydrogen) atoms. The average molecular weight is 492 g/mol. The van der Waals surface area contributed by atoms with Crippen LogP contribution in [0.25, 0.3) is 10.9 Å². The van der Waals surface area contributed by atoms with E-state index < -0.39 is 0 Å². The number of fused-ring (bicyclic) bond motifs is 1. The van der Waals surface area contributed by atoms with Gasteiger partial charge in [0.25, 0.3) is 0 Å². The van der Waals surface area contributed by atoms with Gasteiger partial charge in [-0.1, -0.05) is 0 Å². The minimum absolute atomic E-state index is 0.0111. The van der Waals surface area contributed by atoms with Crippen molar-refractivity contribution >= 4 is 22.5 Å². The summed E-state index contributed by atoms with van der Waals surface area (Å²) in [6, 6.07) is 5.91. The summed E-state index contributed by atoms with van der Waals surface area (Å²) < 4.78 is 5.56. The Morgan fingerprint density at radius 2 is 1.72 bits per heavy atom. The molecule has 194 valence electrons. The van der Waals surface area contributed by atoms with E-state index in [-0.39, 0.29) is 28.6 Å². The molecule has 4 N–H and O–H groups in total. The van der Waals surface area contributed by atoms with E-state index in [2.05, 4.69) is 44.1 Å². The Labute approximate surface area is 215 Å². The van der Waals surface area contributed by atoms with Gasteiger partial charge in [0.2, 0.25) is 0 Å². The molecular formula is C29H41N5O2. The topological polar surface area (TPSA) is 105 Å². The van der Waals surface area contributed by atoms with Gasteiger partial charge in [-0.2, -0.15) is 0 Å². The van der Waals surface area contributed by atoms with Gasteiger partial charge in [-0.05, 0) is 96.1 Å². The van der Waals surface area contributed by atoms with Gasteiger partial charge in [0.15, 0.2) is 0 Å². The Hall–Kier alpha value is -2.77. The fourth-order valence-corrected chi connectivity index (χ4v) is 6.10. The lowest BCUT2D eigenvalue weighted by atomic mass is 9.79. The maximum absolute atomic E-state index is 10.8. The lowest BCUT2D eigenvalue weighted by molar-refractivity contribution is 0.0856. The number of aromatic nitrogens is 1. The molecule has 3 heterocycles. The molecule has 1 aromatic carbocycles. The third-order valence-corrected chi connectivity index (χ3v) is 7.54. The quantitative estimate of drug-likeness (QED) is 0.336. The first-order chi connectivity index (χ1) is 16.8. The molecule has 0 spiro atoms. The zero-order chi connectivity index (χ0) is 26.3. The van der Waals surface area contributed by atoms with Gasteiger partial charge in [0.1, 0.15) is 11.6 Å². The third-order valence-electron chi connectivity index (χ3n) is 7.54. The second-order valence-corrected chi connectivity index (χ2v) is 11.8. The highest BCUT2D eigenvalue weighted by molar-refractivity contribution is 6.12. The van der Waals surface area contributed by atoms with Gasteiger partial charge in [0.05, 0.1) is 11.2 Å². The molecule has 7 nitrogen and oxygen atoms in total. The number of ether oxygens (including phenoxy) is 1. The van der Waals surface area contributed by atoms with Gasteiger partial charge in [-0.25, -0.2) is 0 Å². The number of amidine groups is 1. The summed E-state index contributed by atoms with van der Waals surface area (Å²) in [5, 5.41) is 32.8. The highest BCUT2D eigenvalue weighted by Gasteiger charge is 2.39. The standard InChI is InChI=1S/C29H41N5O2/c1-18-13-21(19-9-11-36-12-10-19)22-14-23(26(35)15-25(22)32-18)24(30)7-8-27(31)34(6)20-16-28(2,3)33-29(4,5)17-20/h7-8,13-15,19-20,30-31,33,35H,9-12,16-17H2,1-6H3/b8-7-,30-24?,31-27?. The number of phenolic OH excluding ortho intramolecular Hbond substituents is 1. The number of nitrogens with zero attached hydrogens (tertiary/aromatic N) is 2. The number of hydrogen-bond donors (Lipinski definition) is 4. The molecule has 0 amide bonds. The Balaban J connectivity index is 1.57. The van der Waals surface area contributed by atoms with Crippen LogP contribution in [-0.2, 0) is 4.74 Å². The van der Waals surface area contributed by atoms with Crippen molar-refractivity contribution in [2.24, 2.45) is 0 Å². The Bertz CT molecular complexity index is 1180. The van der Waals surface area contributed by atoms with Crippen molar-refractivity contribution in [2.75, 3.05) is 20.3 Å². The van der Waals surface area contributed by atoms with Crippen LogP contribution in [0, 0.1) is 17.7 Å². The number of pyridine rings is 1. The number of aryl methyl sites for hydroxylation is 1. The number of aromatic hydroxyl groups is 1. The third kappa shape index (κ3) is 5.79. The van der Waals surface area contributed by atoms with E-state index in [1.807, 2.05) is 24.9 Å². The number of rotatable bonds is 5. The van der Waals surface area contributed by atoms with E-state index in [0.717, 1.165) is 55.5 Å². The second kappa shape index (κ2) is 9.94. The maximum atomic E-state index is 10.8. The smallest absolute Gasteiger partial charge is 0.127 e. The average Bonchev–Trinajstić information content (AvgIpc) is 2.79. The second-order valence-electron chi connectivity index (χ2n) is 11.8. The molecule has 0 saturated carbocycles. The van der Waals surface area contributed by atoms with Gasteiger partial charge in [0, 0.05) is 60.1 Å². The molecule has 4 rings (SSSR count). The highest BCUT2D eigenvalue weighted by Crippen LogP contribution is 2.35. The van der Waals surface area contributed by atoms with Crippen LogP contribution >= 0.6 is 0 Å². The lowest BCUT2D eigenvalue weighted by Gasteiger charge is -2.49. The molecule has 0 radical (unpaired) electrons. The molecule has 2 saturated heterocycles. The van der Waals surface area contributed by atoms with Crippen LogP contribution in [0.1, 0.15) is 76.1 Å². The summed E-state index contributed by atoms with van der Waals surface area (Å²) in [5.41, 5.74) is 3.49. The van der Waals surface area contributed by atoms with Crippen molar-refractivity contribution in [3.05, 3.63) is 47.2 Å². The Kier molecular flexibility index (Phi) is 7.26. The van der Waals surface area contributed by atoms with Crippen molar-refractivity contribution in [2.45, 2.75) is 83.3 Å². The molecule has 0 bridgehead atoms. The van der Waals surface area contributed by atoms with Crippen molar-refractivity contribution < 1.29 is 9.84 Å². The molecule has 2 aromatic rings. The van der Waals surface area contributed by atoms with E-state index in [1.165, 1.54) is 5.56 Å². The van der Waals surface area contributed by atoms with Crippen molar-refractivity contribution in [3.8, 4) is 5.75 Å². The highest BCUT2D eigenvalue weighted by atomic mass is 16.5. The minimum Gasteiger partial charge on any atom is -0.507 e. The van der Waals surface area contributed by atoms with Crippen LogP contribution in [-0.4, -0.2) is 63.9 Å². The fraction of sp³-hybridized carbons (Fsp3) is 0.552. The summed E-state index contributed by atoms with van der Waals surface area (Å²) in [5.74, 6) is 0.777. The van der Waals surface area contributed by atoms with E-state index >= 15 is 0 Å². The normalized spacial score (nSPS) is 20.6. The first-order valence-electron chi connectivity index (χ1n) is 12.9. The monoisotopic (exact) mass is 491 g/mol. The van der Waals surface area contributed by atoms with Gasteiger partial charge in [-0.15, -0.1) is 0 Å². The number of nitrogens with one attached hydrogen (secondary N) is 3. The number of benzene rings is 1. The van der Waals surface area contributed by atoms with E-state index in [1.54, 1.807) is 18.2 Å². The molecule has 0 aliphatic carbocycles. The predicted octanol–water partition coefficient (Wildman–Crippen LogP) is 5.29. The van der Waals surface area contributed by atoms with E-state index in [9.17, 15) is 5.11 Å². The van der Waals surface area contributed by atoms with Crippen molar-refractivity contribution in [3.63, 3.8) is 0 Å². The van der Waals surface area contributed by atoms with Crippen molar-refractivity contribution in [1.82, 2.24) is 15.2 Å². The minimum atomic E-state index is -0.0111. The van der Waals surface area contributed by atoms with Crippen LogP contribution in [0.5, 0.6) is 5.75 Å². The summed E-state index contributed by atoms with van der Waals surface area (Å²) in [6.07, 6.45) is 7.08. The van der Waals surface area contributed by atoms with Gasteiger partial charge < -0.3 is 25.5 Å². The van der Waals surface area contributed by atoms with Crippen LogP contribution in [0.2, 0.25) is 0 Å². The van der Waals surface area contributed by atoms with E-state index in [0.29, 0.717) is 17.3 Å². The Morgan fingerprint density at radius 3 is 2.36 bits per heavy atom. The summed E-state index contributed by atoms with van der Waals surface area (Å²) in [7, 11) is 1.96. The molecule has 1 aromatic heterocycles. The SMILES string of the molecule is Cc1cc(C2CCOCC2)c2cc(C(=N)/C=C\C(=N)N(C)C3CC(C)(C)NC(C)(C)C3)c(O)cc2n1. The molecule has 2 aliphatic rings. The Morgan fingerprint density at radius 1 is 1.08 bits per heavy atom. The summed E-state index contributed by atoms with van der Waals surface area (Å²) in [6.45, 7) is 12.3. The molecule has 2 fully saturated rings. The van der Waals surface area contributed by atoms with Gasteiger partial charge in [-0.3, -0.25) is 10.4 Å². The lowest BCUT2D eigenvalue weighted by Crippen LogP contribution is -2.62. The summed E-state index contributed by atoms with van der Waals surface area (Å²) >= 11 is 0. The fourth-order valence-electron chi connectivity index (χ4n) is 6.10. The number of allylic oxidation sites excluding steroid dienone is 1. The summed E-state index contributed by atoms with van der Waals surface area (Å²) in [4.78, 5) is 6.64. The largest absolute Gasteiger partial charge is 0.507 e. The molecule has 2 aliphatic heterocycles. The first kappa shape index (κ1) is 26.3. The predicted molar refractivity (Wildman–Crippen MR) is 147 cm³/mol. The molecule has 0 unspecified atom stereocenters. The molecule has 7 heteroatoms. The number of phenols is 1. The number of hydrogen-bond acceptors (Lipinski definition) is 6. The van der Waals surface area contributed by atoms with Crippen molar-refractivity contribution in [1.29, 1.82) is 10.8 Å².